The fourth-order valence-corrected chi connectivity index (χ4v) is 3.95. The molecular formula is C23H32N4O8. The lowest BCUT2D eigenvalue weighted by Gasteiger charge is -2.29. The molecule has 0 bridgehead atoms. The highest BCUT2D eigenvalue weighted by Gasteiger charge is 2.23. The highest BCUT2D eigenvalue weighted by atomic mass is 16.6. The van der Waals surface area contributed by atoms with Gasteiger partial charge in [0.2, 0.25) is 6.41 Å². The molecule has 0 spiro atoms. The van der Waals surface area contributed by atoms with Gasteiger partial charge in [0.25, 0.3) is 11.6 Å². The lowest BCUT2D eigenvalue weighted by Crippen LogP contribution is -2.36. The predicted octanol–water partition coefficient (Wildman–Crippen LogP) is 1.36. The number of nitro groups is 1. The monoisotopic (exact) mass is 492 g/mol. The van der Waals surface area contributed by atoms with Crippen LogP contribution in [0.25, 0.3) is 0 Å². The first-order valence-electron chi connectivity index (χ1n) is 10.7. The van der Waals surface area contributed by atoms with Gasteiger partial charge in [-0.3, -0.25) is 19.7 Å². The first kappa shape index (κ1) is 29.1. The van der Waals surface area contributed by atoms with Crippen molar-refractivity contribution in [3.8, 4) is 11.5 Å². The fourth-order valence-electron chi connectivity index (χ4n) is 3.95. The Hall–Kier alpha value is -3.90. The van der Waals surface area contributed by atoms with Crippen LogP contribution in [-0.4, -0.2) is 54.5 Å². The Morgan fingerprint density at radius 1 is 1.03 bits per heavy atom. The van der Waals surface area contributed by atoms with E-state index in [1.807, 2.05) is 0 Å². The third-order valence-corrected chi connectivity index (χ3v) is 5.75. The Morgan fingerprint density at radius 3 is 2.29 bits per heavy atom. The van der Waals surface area contributed by atoms with Crippen LogP contribution in [0.1, 0.15) is 41.6 Å². The lowest BCUT2D eigenvalue weighted by molar-refractivity contribution is -0.384. The number of benzene rings is 2. The van der Waals surface area contributed by atoms with Crippen molar-refractivity contribution in [3.63, 3.8) is 0 Å². The Labute approximate surface area is 202 Å². The maximum atomic E-state index is 13.0. The average Bonchev–Trinajstić information content (AvgIpc) is 2.83. The number of methoxy groups -OCH3 is 2. The summed E-state index contributed by atoms with van der Waals surface area (Å²) in [5, 5.41) is 20.3. The zero-order valence-electron chi connectivity index (χ0n) is 19.6. The van der Waals surface area contributed by atoms with Crippen LogP contribution in [-0.2, 0) is 11.3 Å². The van der Waals surface area contributed by atoms with Gasteiger partial charge in [-0.2, -0.15) is 0 Å². The highest BCUT2D eigenvalue weighted by Crippen LogP contribution is 2.29. The fraction of sp³-hybridized carbons (Fsp3) is 0.391. The Morgan fingerprint density at radius 2 is 1.69 bits per heavy atom. The first-order chi connectivity index (χ1) is 15.9. The molecule has 0 atom stereocenters. The van der Waals surface area contributed by atoms with Crippen molar-refractivity contribution in [1.82, 2.24) is 10.6 Å². The van der Waals surface area contributed by atoms with Gasteiger partial charge in [0.1, 0.15) is 0 Å². The summed E-state index contributed by atoms with van der Waals surface area (Å²) in [6, 6.07) is 9.81. The van der Waals surface area contributed by atoms with Gasteiger partial charge in [0.15, 0.2) is 11.5 Å². The topological polar surface area (TPSA) is 195 Å². The third-order valence-electron chi connectivity index (χ3n) is 5.75. The van der Waals surface area contributed by atoms with Gasteiger partial charge < -0.3 is 36.4 Å². The predicted molar refractivity (Wildman–Crippen MR) is 130 cm³/mol. The number of ether oxygens (including phenoxy) is 2. The normalized spacial score (nSPS) is 16.5. The molecule has 12 nitrogen and oxygen atoms in total. The van der Waals surface area contributed by atoms with E-state index >= 15 is 0 Å². The van der Waals surface area contributed by atoms with E-state index in [-0.39, 0.29) is 40.8 Å². The summed E-state index contributed by atoms with van der Waals surface area (Å²) in [4.78, 5) is 34.4. The van der Waals surface area contributed by atoms with E-state index in [4.69, 9.17) is 9.47 Å². The summed E-state index contributed by atoms with van der Waals surface area (Å²) in [6.07, 6.45) is 3.99. The second-order valence-corrected chi connectivity index (χ2v) is 7.84. The van der Waals surface area contributed by atoms with E-state index in [0.29, 0.717) is 17.2 Å². The van der Waals surface area contributed by atoms with Crippen LogP contribution >= 0.6 is 0 Å². The molecule has 0 saturated heterocycles. The molecule has 2 amide bonds. The van der Waals surface area contributed by atoms with Crippen LogP contribution in [0.2, 0.25) is 0 Å². The smallest absolute Gasteiger partial charge is 0.270 e. The summed E-state index contributed by atoms with van der Waals surface area (Å²) in [5.41, 5.74) is 1.38. The molecule has 0 aromatic heterocycles. The van der Waals surface area contributed by atoms with Gasteiger partial charge in [-0.25, -0.2) is 0 Å². The Balaban J connectivity index is 0.00000306. The largest absolute Gasteiger partial charge is 0.493 e. The maximum absolute atomic E-state index is 13.0. The third kappa shape index (κ3) is 7.55. The summed E-state index contributed by atoms with van der Waals surface area (Å²) in [6.45, 7) is 0.212. The minimum absolute atomic E-state index is 0. The van der Waals surface area contributed by atoms with Crippen molar-refractivity contribution < 1.29 is 34.9 Å². The molecule has 0 aliphatic heterocycles. The number of non-ortho nitro benzene ring substituents is 1. The van der Waals surface area contributed by atoms with Crippen LogP contribution in [0.15, 0.2) is 36.4 Å². The number of hydrogen-bond acceptors (Lipinski definition) is 7. The molecular weight excluding hydrogens is 460 g/mol. The van der Waals surface area contributed by atoms with Gasteiger partial charge in [-0.1, -0.05) is 6.07 Å². The number of hydrogen-bond donors (Lipinski definition) is 3. The minimum atomic E-state index is -0.523. The van der Waals surface area contributed by atoms with Gasteiger partial charge in [0.05, 0.1) is 24.7 Å². The Bertz CT molecular complexity index is 1010. The molecule has 0 heterocycles. The van der Waals surface area contributed by atoms with Gasteiger partial charge in [-0.05, 0) is 49.4 Å². The molecule has 3 rings (SSSR count). The van der Waals surface area contributed by atoms with Gasteiger partial charge >= 0.3 is 0 Å². The van der Waals surface area contributed by atoms with Crippen molar-refractivity contribution in [1.29, 1.82) is 0 Å². The standard InChI is InChI=1S/C23H28N4O6.2H2O/c1-32-21-10-3-15(11-22(21)33-2)13-24-23(29)19-12-18(27(30)31)8-9-20(19)26-17-6-4-16(5-7-17)25-14-28;;/h3,8-12,14,16-17,26H,4-7,13H2,1-2H3,(H,24,29)(H,25,28);2*1H2/t16-,17-;;. The SMILES string of the molecule is COc1ccc(CNC(=O)c2cc([N+](=O)[O-])ccc2N[C@H]2CC[C@H](NC=O)CC2)cc1OC.O.O. The van der Waals surface area contributed by atoms with E-state index in [1.165, 1.54) is 19.2 Å². The molecule has 1 saturated carbocycles. The molecule has 0 radical (unpaired) electrons. The number of anilines is 1. The molecule has 0 unspecified atom stereocenters. The summed E-state index contributed by atoms with van der Waals surface area (Å²) in [5.74, 6) is 0.699. The molecule has 1 aliphatic carbocycles. The molecule has 12 heteroatoms. The number of carbonyl (C=O) groups excluding carboxylic acids is 2. The zero-order chi connectivity index (χ0) is 23.8. The number of nitro benzene ring substituents is 1. The summed E-state index contributed by atoms with van der Waals surface area (Å²) >= 11 is 0. The van der Waals surface area contributed by atoms with Gasteiger partial charge in [0, 0.05) is 36.4 Å². The van der Waals surface area contributed by atoms with E-state index in [0.717, 1.165) is 37.7 Å². The van der Waals surface area contributed by atoms with Crippen LogP contribution in [0, 0.1) is 10.1 Å². The lowest BCUT2D eigenvalue weighted by atomic mass is 9.91. The van der Waals surface area contributed by atoms with Crippen LogP contribution in [0.3, 0.4) is 0 Å². The molecule has 2 aromatic rings. The quantitative estimate of drug-likeness (QED) is 0.253. The van der Waals surface area contributed by atoms with Crippen molar-refractivity contribution in [2.24, 2.45) is 0 Å². The van der Waals surface area contributed by atoms with Gasteiger partial charge in [-0.15, -0.1) is 0 Å². The Kier molecular flexibility index (Phi) is 11.4. The van der Waals surface area contributed by atoms with E-state index in [2.05, 4.69) is 16.0 Å². The van der Waals surface area contributed by atoms with Crippen LogP contribution < -0.4 is 25.4 Å². The number of carbonyl (C=O) groups is 2. The summed E-state index contributed by atoms with van der Waals surface area (Å²) in [7, 11) is 3.07. The van der Waals surface area contributed by atoms with Crippen LogP contribution in [0.5, 0.6) is 11.5 Å². The highest BCUT2D eigenvalue weighted by molar-refractivity contribution is 6.00. The summed E-state index contributed by atoms with van der Waals surface area (Å²) < 4.78 is 10.5. The second-order valence-electron chi connectivity index (χ2n) is 7.84. The molecule has 192 valence electrons. The van der Waals surface area contributed by atoms with E-state index in [9.17, 15) is 19.7 Å². The molecule has 2 aromatic carbocycles. The second kappa shape index (κ2) is 13.7. The van der Waals surface area contributed by atoms with Crippen molar-refractivity contribution in [3.05, 3.63) is 57.6 Å². The first-order valence-corrected chi connectivity index (χ1v) is 10.7. The molecule has 7 N–H and O–H groups in total. The van der Waals surface area contributed by atoms with Crippen molar-refractivity contribution >= 4 is 23.7 Å². The molecule has 1 aliphatic rings. The minimum Gasteiger partial charge on any atom is -0.493 e. The maximum Gasteiger partial charge on any atom is 0.270 e. The average molecular weight is 493 g/mol. The number of rotatable bonds is 10. The van der Waals surface area contributed by atoms with Crippen molar-refractivity contribution in [2.75, 3.05) is 19.5 Å². The number of amides is 2. The van der Waals surface area contributed by atoms with E-state index < -0.39 is 10.8 Å². The zero-order valence-corrected chi connectivity index (χ0v) is 19.6. The van der Waals surface area contributed by atoms with Crippen LogP contribution in [0.4, 0.5) is 11.4 Å². The number of nitrogens with zero attached hydrogens (tertiary/aromatic N) is 1. The molecule has 1 fully saturated rings. The van der Waals surface area contributed by atoms with E-state index in [1.54, 1.807) is 31.4 Å². The number of nitrogens with one attached hydrogen (secondary N) is 3. The van der Waals surface area contributed by atoms with Crippen molar-refractivity contribution in [2.45, 2.75) is 44.3 Å². The molecule has 35 heavy (non-hydrogen) atoms.